The molecule has 3 rings (SSSR count). The van der Waals surface area contributed by atoms with Crippen molar-refractivity contribution in [2.45, 2.75) is 25.8 Å². The van der Waals surface area contributed by atoms with Crippen LogP contribution in [0.5, 0.6) is 0 Å². The highest BCUT2D eigenvalue weighted by Gasteiger charge is 2.22. The summed E-state index contributed by atoms with van der Waals surface area (Å²) < 4.78 is 27.3. The fourth-order valence-corrected chi connectivity index (χ4v) is 2.96. The molecule has 0 amide bonds. The van der Waals surface area contributed by atoms with Gasteiger partial charge in [-0.25, -0.2) is 23.7 Å². The van der Waals surface area contributed by atoms with Crippen molar-refractivity contribution in [1.82, 2.24) is 19.5 Å². The highest BCUT2D eigenvalue weighted by molar-refractivity contribution is 9.10. The molecule has 3 heterocycles. The van der Waals surface area contributed by atoms with Crippen molar-refractivity contribution < 1.29 is 8.78 Å². The number of nitrogens with zero attached hydrogens (tertiary/aromatic N) is 5. The van der Waals surface area contributed by atoms with E-state index < -0.39 is 17.7 Å². The summed E-state index contributed by atoms with van der Waals surface area (Å²) in [5.41, 5.74) is -0.905. The molecule has 1 aliphatic rings. The van der Waals surface area contributed by atoms with E-state index in [-0.39, 0.29) is 0 Å². The van der Waals surface area contributed by atoms with Gasteiger partial charge >= 0.3 is 0 Å². The van der Waals surface area contributed by atoms with Crippen LogP contribution in [-0.2, 0) is 6.54 Å². The molecule has 0 unspecified atom stereocenters. The number of rotatable bonds is 4. The van der Waals surface area contributed by atoms with E-state index >= 15 is 0 Å². The fraction of sp³-hybridized carbons (Fsp3) is 0.467. The highest BCUT2D eigenvalue weighted by atomic mass is 79.9. The van der Waals surface area contributed by atoms with Crippen molar-refractivity contribution in [2.75, 3.05) is 18.0 Å². The molecule has 24 heavy (non-hydrogen) atoms. The van der Waals surface area contributed by atoms with Crippen LogP contribution >= 0.6 is 15.9 Å². The number of aromatic nitrogens is 4. The first kappa shape index (κ1) is 16.9. The first-order valence-electron chi connectivity index (χ1n) is 7.60. The summed E-state index contributed by atoms with van der Waals surface area (Å²) in [5.74, 6) is 0.991. The van der Waals surface area contributed by atoms with Gasteiger partial charge in [0.15, 0.2) is 0 Å². The van der Waals surface area contributed by atoms with E-state index in [0.29, 0.717) is 18.4 Å². The second-order valence-electron chi connectivity index (χ2n) is 5.74. The molecule has 6 nitrogen and oxygen atoms in total. The summed E-state index contributed by atoms with van der Waals surface area (Å²) in [4.78, 5) is 26.2. The second-order valence-corrected chi connectivity index (χ2v) is 6.65. The zero-order valence-electron chi connectivity index (χ0n) is 12.8. The van der Waals surface area contributed by atoms with Gasteiger partial charge in [0.05, 0.1) is 10.8 Å². The van der Waals surface area contributed by atoms with Crippen LogP contribution in [0.4, 0.5) is 14.7 Å². The molecule has 9 heteroatoms. The molecule has 1 saturated heterocycles. The Morgan fingerprint density at radius 1 is 1.21 bits per heavy atom. The molecule has 2 aromatic rings. The van der Waals surface area contributed by atoms with Crippen molar-refractivity contribution in [3.63, 3.8) is 0 Å². The van der Waals surface area contributed by atoms with Gasteiger partial charge in [0.25, 0.3) is 12.0 Å². The number of halogens is 3. The molecule has 0 bridgehead atoms. The number of piperidine rings is 1. The average molecular weight is 400 g/mol. The number of anilines is 1. The van der Waals surface area contributed by atoms with Gasteiger partial charge in [-0.2, -0.15) is 0 Å². The monoisotopic (exact) mass is 399 g/mol. The average Bonchev–Trinajstić information content (AvgIpc) is 2.58. The summed E-state index contributed by atoms with van der Waals surface area (Å²) in [7, 11) is 0. The third-order valence-corrected chi connectivity index (χ3v) is 4.49. The van der Waals surface area contributed by atoms with Gasteiger partial charge in [-0.1, -0.05) is 0 Å². The summed E-state index contributed by atoms with van der Waals surface area (Å²) in [6.07, 6.45) is 3.68. The molecule has 0 spiro atoms. The Bertz CT molecular complexity index is 744. The Labute approximate surface area is 145 Å². The summed E-state index contributed by atoms with van der Waals surface area (Å²) in [6, 6.07) is 0.912. The number of hydrogen-bond acceptors (Lipinski definition) is 5. The van der Waals surface area contributed by atoms with E-state index in [1.165, 1.54) is 10.9 Å². The lowest BCUT2D eigenvalue weighted by Crippen LogP contribution is -2.37. The number of hydrogen-bond donors (Lipinski definition) is 0. The molecule has 0 saturated carbocycles. The van der Waals surface area contributed by atoms with Gasteiger partial charge in [0, 0.05) is 38.1 Å². The largest absolute Gasteiger partial charge is 0.341 e. The molecule has 0 aliphatic carbocycles. The second kappa shape index (κ2) is 7.33. The molecule has 1 aliphatic heterocycles. The van der Waals surface area contributed by atoms with Gasteiger partial charge in [-0.3, -0.25) is 9.36 Å². The molecule has 0 aromatic carbocycles. The molecule has 0 radical (unpaired) electrons. The van der Waals surface area contributed by atoms with E-state index in [2.05, 4.69) is 35.8 Å². The minimum absolute atomic E-state index is 0.300. The van der Waals surface area contributed by atoms with Gasteiger partial charge in [0.1, 0.15) is 5.69 Å². The lowest BCUT2D eigenvalue weighted by atomic mass is 9.97. The summed E-state index contributed by atoms with van der Waals surface area (Å²) in [6.45, 7) is 2.08. The summed E-state index contributed by atoms with van der Waals surface area (Å²) in [5, 5.41) is 0. The predicted octanol–water partition coefficient (Wildman–Crippen LogP) is 2.65. The van der Waals surface area contributed by atoms with Crippen LogP contribution in [0.1, 0.15) is 25.0 Å². The van der Waals surface area contributed by atoms with Crippen molar-refractivity contribution in [3.8, 4) is 0 Å². The number of alkyl halides is 2. The Balaban J connectivity index is 1.59. The molecule has 2 aromatic heterocycles. The fourth-order valence-electron chi connectivity index (χ4n) is 2.76. The van der Waals surface area contributed by atoms with Crippen LogP contribution in [0, 0.1) is 5.92 Å². The maximum absolute atomic E-state index is 12.5. The maximum Gasteiger partial charge on any atom is 0.280 e. The van der Waals surface area contributed by atoms with E-state index in [1.807, 2.05) is 0 Å². The Kier molecular flexibility index (Phi) is 5.17. The Morgan fingerprint density at radius 2 is 1.88 bits per heavy atom. The Morgan fingerprint density at radius 3 is 2.46 bits per heavy atom. The molecular formula is C15H16BrF2N5O. The first-order valence-corrected chi connectivity index (χ1v) is 8.39. The van der Waals surface area contributed by atoms with Crippen LogP contribution in [0.15, 0.2) is 34.1 Å². The van der Waals surface area contributed by atoms with E-state index in [0.717, 1.165) is 36.5 Å². The van der Waals surface area contributed by atoms with Crippen molar-refractivity contribution in [3.05, 3.63) is 45.3 Å². The minimum Gasteiger partial charge on any atom is -0.341 e. The predicted molar refractivity (Wildman–Crippen MR) is 88.1 cm³/mol. The normalized spacial score (nSPS) is 15.9. The molecule has 0 atom stereocenters. The molecule has 0 N–H and O–H groups in total. The van der Waals surface area contributed by atoms with Crippen molar-refractivity contribution in [2.24, 2.45) is 5.92 Å². The van der Waals surface area contributed by atoms with Crippen LogP contribution < -0.4 is 10.5 Å². The molecule has 128 valence electrons. The molecule has 1 fully saturated rings. The maximum atomic E-state index is 12.5. The lowest BCUT2D eigenvalue weighted by Gasteiger charge is -2.32. The third kappa shape index (κ3) is 3.95. The third-order valence-electron chi connectivity index (χ3n) is 4.08. The van der Waals surface area contributed by atoms with E-state index in [4.69, 9.17) is 0 Å². The Hall–Kier alpha value is -1.90. The zero-order chi connectivity index (χ0) is 17.1. The smallest absolute Gasteiger partial charge is 0.280 e. The summed E-state index contributed by atoms with van der Waals surface area (Å²) >= 11 is 3.31. The standard InChI is InChI=1S/C15H16BrF2N5O/c16-11-6-19-15(20-7-11)22-3-1-10(2-4-22)8-23-9-21-12(14(17)18)5-13(23)24/h5-7,9-10,14H,1-4,8H2. The van der Waals surface area contributed by atoms with Gasteiger partial charge in [0.2, 0.25) is 5.95 Å². The topological polar surface area (TPSA) is 63.9 Å². The van der Waals surface area contributed by atoms with Crippen LogP contribution in [0.2, 0.25) is 0 Å². The van der Waals surface area contributed by atoms with Gasteiger partial charge in [-0.05, 0) is 34.7 Å². The first-order chi connectivity index (χ1) is 11.5. The van der Waals surface area contributed by atoms with Crippen LogP contribution in [-0.4, -0.2) is 32.6 Å². The lowest BCUT2D eigenvalue weighted by molar-refractivity contribution is 0.145. The van der Waals surface area contributed by atoms with Crippen LogP contribution in [0.3, 0.4) is 0 Å². The SMILES string of the molecule is O=c1cc(C(F)F)ncn1CC1CCN(c2ncc(Br)cn2)CC1. The minimum atomic E-state index is -2.72. The van der Waals surface area contributed by atoms with Crippen molar-refractivity contribution in [1.29, 1.82) is 0 Å². The van der Waals surface area contributed by atoms with E-state index in [9.17, 15) is 13.6 Å². The van der Waals surface area contributed by atoms with E-state index in [1.54, 1.807) is 12.4 Å². The molecular weight excluding hydrogens is 384 g/mol. The van der Waals surface area contributed by atoms with Crippen LogP contribution in [0.25, 0.3) is 0 Å². The zero-order valence-corrected chi connectivity index (χ0v) is 14.4. The van der Waals surface area contributed by atoms with Crippen molar-refractivity contribution >= 4 is 21.9 Å². The quantitative estimate of drug-likeness (QED) is 0.790. The highest BCUT2D eigenvalue weighted by Crippen LogP contribution is 2.22. The van der Waals surface area contributed by atoms with Gasteiger partial charge < -0.3 is 4.90 Å². The van der Waals surface area contributed by atoms with Gasteiger partial charge in [-0.15, -0.1) is 0 Å².